The van der Waals surface area contributed by atoms with E-state index in [-0.39, 0.29) is 5.91 Å². The zero-order valence-corrected chi connectivity index (χ0v) is 14.2. The average molecular weight is 336 g/mol. The standard InChI is InChI=1S/C16H20N2O2S2/c1-12-9-15(22-11-12)16(20)18-6-4-17(5-7-18)10-13(19)14-3-2-8-21-14/h2-3,8-9,11,13,19H,4-7,10H2,1H3/t13-/m0/s1. The van der Waals surface area contributed by atoms with Crippen molar-refractivity contribution in [3.05, 3.63) is 44.3 Å². The molecule has 0 radical (unpaired) electrons. The monoisotopic (exact) mass is 336 g/mol. The van der Waals surface area contributed by atoms with Gasteiger partial charge in [-0.05, 0) is 35.4 Å². The normalized spacial score (nSPS) is 17.6. The summed E-state index contributed by atoms with van der Waals surface area (Å²) in [5.74, 6) is 0.136. The molecule has 1 aliphatic heterocycles. The van der Waals surface area contributed by atoms with Crippen LogP contribution in [-0.4, -0.2) is 53.5 Å². The van der Waals surface area contributed by atoms with Crippen LogP contribution in [0, 0.1) is 6.92 Å². The second kappa shape index (κ2) is 6.91. The van der Waals surface area contributed by atoms with Crippen molar-refractivity contribution in [1.29, 1.82) is 0 Å². The molecule has 2 aromatic heterocycles. The predicted molar refractivity (Wildman–Crippen MR) is 90.7 cm³/mol. The van der Waals surface area contributed by atoms with Crippen molar-refractivity contribution in [2.45, 2.75) is 13.0 Å². The topological polar surface area (TPSA) is 43.8 Å². The van der Waals surface area contributed by atoms with Gasteiger partial charge in [0.05, 0.1) is 4.88 Å². The lowest BCUT2D eigenvalue weighted by Gasteiger charge is -2.35. The maximum Gasteiger partial charge on any atom is 0.264 e. The fourth-order valence-corrected chi connectivity index (χ4v) is 4.22. The van der Waals surface area contributed by atoms with Gasteiger partial charge >= 0.3 is 0 Å². The van der Waals surface area contributed by atoms with Crippen molar-refractivity contribution in [3.8, 4) is 0 Å². The number of β-amino-alcohol motifs (C(OH)–C–C–N with tert-alkyl or cyclic N) is 1. The van der Waals surface area contributed by atoms with Gasteiger partial charge in [-0.25, -0.2) is 0 Å². The molecule has 0 bridgehead atoms. The Bertz CT molecular complexity index is 616. The minimum Gasteiger partial charge on any atom is -0.386 e. The molecule has 0 aliphatic carbocycles. The smallest absolute Gasteiger partial charge is 0.264 e. The number of carbonyl (C=O) groups excluding carboxylic acids is 1. The molecule has 1 amide bonds. The molecule has 2 aromatic rings. The van der Waals surface area contributed by atoms with Crippen LogP contribution in [0.4, 0.5) is 0 Å². The van der Waals surface area contributed by atoms with E-state index in [0.29, 0.717) is 6.54 Å². The molecule has 0 saturated carbocycles. The molecule has 1 saturated heterocycles. The Labute approximate surface area is 138 Å². The number of thiophene rings is 2. The maximum atomic E-state index is 12.4. The Morgan fingerprint density at radius 1 is 1.32 bits per heavy atom. The molecule has 22 heavy (non-hydrogen) atoms. The molecule has 1 fully saturated rings. The number of hydrogen-bond donors (Lipinski definition) is 1. The number of nitrogens with zero attached hydrogens (tertiary/aromatic N) is 2. The van der Waals surface area contributed by atoms with Crippen LogP contribution in [0.25, 0.3) is 0 Å². The number of piperazine rings is 1. The molecule has 1 aliphatic rings. The molecule has 118 valence electrons. The summed E-state index contributed by atoms with van der Waals surface area (Å²) < 4.78 is 0. The summed E-state index contributed by atoms with van der Waals surface area (Å²) in [6.07, 6.45) is -0.429. The van der Waals surface area contributed by atoms with E-state index in [1.165, 1.54) is 11.3 Å². The molecular weight excluding hydrogens is 316 g/mol. The molecule has 6 heteroatoms. The largest absolute Gasteiger partial charge is 0.386 e. The van der Waals surface area contributed by atoms with Crippen molar-refractivity contribution in [2.24, 2.45) is 0 Å². The summed E-state index contributed by atoms with van der Waals surface area (Å²) in [6, 6.07) is 5.89. The molecule has 0 unspecified atom stereocenters. The zero-order chi connectivity index (χ0) is 15.5. The minimum atomic E-state index is -0.429. The van der Waals surface area contributed by atoms with E-state index in [2.05, 4.69) is 4.90 Å². The first-order valence-corrected chi connectivity index (χ1v) is 9.17. The Hall–Kier alpha value is -1.21. The third kappa shape index (κ3) is 3.57. The van der Waals surface area contributed by atoms with E-state index in [1.807, 2.05) is 40.8 Å². The molecule has 0 aromatic carbocycles. The number of amides is 1. The van der Waals surface area contributed by atoms with Gasteiger partial charge in [0.1, 0.15) is 6.10 Å². The van der Waals surface area contributed by atoms with Crippen molar-refractivity contribution in [1.82, 2.24) is 9.80 Å². The van der Waals surface area contributed by atoms with E-state index < -0.39 is 6.10 Å². The number of carbonyl (C=O) groups is 1. The van der Waals surface area contributed by atoms with E-state index in [0.717, 1.165) is 41.5 Å². The van der Waals surface area contributed by atoms with E-state index in [9.17, 15) is 9.90 Å². The van der Waals surface area contributed by atoms with Gasteiger partial charge in [-0.3, -0.25) is 9.69 Å². The molecular formula is C16H20N2O2S2. The molecule has 4 nitrogen and oxygen atoms in total. The van der Waals surface area contributed by atoms with Gasteiger partial charge in [0.25, 0.3) is 5.91 Å². The van der Waals surface area contributed by atoms with Crippen LogP contribution in [0.2, 0.25) is 0 Å². The summed E-state index contributed by atoms with van der Waals surface area (Å²) in [7, 11) is 0. The second-order valence-electron chi connectivity index (χ2n) is 5.61. The SMILES string of the molecule is Cc1csc(C(=O)N2CCN(C[C@H](O)c3cccs3)CC2)c1. The Kier molecular flexibility index (Phi) is 4.93. The predicted octanol–water partition coefficient (Wildman–Crippen LogP) is 2.61. The molecule has 1 N–H and O–H groups in total. The first-order chi connectivity index (χ1) is 10.6. The number of hydrogen-bond acceptors (Lipinski definition) is 5. The zero-order valence-electron chi connectivity index (χ0n) is 12.6. The summed E-state index contributed by atoms with van der Waals surface area (Å²) >= 11 is 3.10. The van der Waals surface area contributed by atoms with E-state index in [1.54, 1.807) is 11.3 Å². The second-order valence-corrected chi connectivity index (χ2v) is 7.50. The Balaban J connectivity index is 1.51. The van der Waals surface area contributed by atoms with Crippen molar-refractivity contribution >= 4 is 28.6 Å². The van der Waals surface area contributed by atoms with Crippen LogP contribution < -0.4 is 0 Å². The van der Waals surface area contributed by atoms with Gasteiger partial charge in [-0.1, -0.05) is 6.07 Å². The van der Waals surface area contributed by atoms with Crippen LogP contribution in [0.3, 0.4) is 0 Å². The molecule has 3 heterocycles. The third-order valence-electron chi connectivity index (χ3n) is 3.90. The van der Waals surface area contributed by atoms with Gasteiger partial charge in [0.2, 0.25) is 0 Å². The summed E-state index contributed by atoms with van der Waals surface area (Å²) in [5.41, 5.74) is 1.14. The number of aliphatic hydroxyl groups excluding tert-OH is 1. The first kappa shape index (κ1) is 15.7. The van der Waals surface area contributed by atoms with Crippen LogP contribution in [0.5, 0.6) is 0 Å². The lowest BCUT2D eigenvalue weighted by Crippen LogP contribution is -2.49. The summed E-state index contributed by atoms with van der Waals surface area (Å²) in [6.45, 7) is 5.74. The highest BCUT2D eigenvalue weighted by Crippen LogP contribution is 2.21. The fraction of sp³-hybridized carbons (Fsp3) is 0.438. The average Bonchev–Trinajstić information content (AvgIpc) is 3.18. The van der Waals surface area contributed by atoms with Gasteiger partial charge in [-0.2, -0.15) is 0 Å². The number of aliphatic hydroxyl groups is 1. The minimum absolute atomic E-state index is 0.136. The van der Waals surface area contributed by atoms with Gasteiger partial charge in [-0.15, -0.1) is 22.7 Å². The van der Waals surface area contributed by atoms with E-state index in [4.69, 9.17) is 0 Å². The molecule has 1 atom stereocenters. The lowest BCUT2D eigenvalue weighted by atomic mass is 10.2. The van der Waals surface area contributed by atoms with Crippen LogP contribution in [0.1, 0.15) is 26.2 Å². The lowest BCUT2D eigenvalue weighted by molar-refractivity contribution is 0.0536. The summed E-state index contributed by atoms with van der Waals surface area (Å²) in [5, 5.41) is 14.2. The van der Waals surface area contributed by atoms with Gasteiger partial charge < -0.3 is 10.0 Å². The van der Waals surface area contributed by atoms with Gasteiger partial charge in [0, 0.05) is 37.6 Å². The van der Waals surface area contributed by atoms with E-state index >= 15 is 0 Å². The first-order valence-electron chi connectivity index (χ1n) is 7.42. The van der Waals surface area contributed by atoms with Gasteiger partial charge in [0.15, 0.2) is 0 Å². The highest BCUT2D eigenvalue weighted by atomic mass is 32.1. The Morgan fingerprint density at radius 3 is 2.68 bits per heavy atom. The Morgan fingerprint density at radius 2 is 2.09 bits per heavy atom. The quantitative estimate of drug-likeness (QED) is 0.933. The number of aryl methyl sites for hydroxylation is 1. The van der Waals surface area contributed by atoms with Crippen LogP contribution in [-0.2, 0) is 0 Å². The van der Waals surface area contributed by atoms with Crippen LogP contribution in [0.15, 0.2) is 29.0 Å². The third-order valence-corrected chi connectivity index (χ3v) is 5.91. The fourth-order valence-electron chi connectivity index (χ4n) is 2.65. The maximum absolute atomic E-state index is 12.4. The highest BCUT2D eigenvalue weighted by molar-refractivity contribution is 7.12. The van der Waals surface area contributed by atoms with Crippen molar-refractivity contribution in [2.75, 3.05) is 32.7 Å². The van der Waals surface area contributed by atoms with Crippen molar-refractivity contribution in [3.63, 3.8) is 0 Å². The molecule has 3 rings (SSSR count). The molecule has 0 spiro atoms. The summed E-state index contributed by atoms with van der Waals surface area (Å²) in [4.78, 5) is 18.4. The highest BCUT2D eigenvalue weighted by Gasteiger charge is 2.24. The van der Waals surface area contributed by atoms with Crippen LogP contribution >= 0.6 is 22.7 Å². The number of rotatable bonds is 4. The van der Waals surface area contributed by atoms with Crippen molar-refractivity contribution < 1.29 is 9.90 Å².